The summed E-state index contributed by atoms with van der Waals surface area (Å²) in [7, 11) is 0. The standard InChI is InChI=1S/C21H21F3N4O2/c22-21(23,24)20(9-1-11-30-20)14-4-6-15(7-5-14)26-18-17-16(8-10-25-19(17)29)28(27-18)12-13-2-3-13/h4-8,10,13H,1-3,9,11-12H2,(H,25,29)(H,26,27). The van der Waals surface area contributed by atoms with Crippen LogP contribution in [0.2, 0.25) is 0 Å². The molecule has 0 bridgehead atoms. The fraction of sp³-hybridized carbons (Fsp3) is 0.429. The Morgan fingerprint density at radius 3 is 2.63 bits per heavy atom. The van der Waals surface area contributed by atoms with Crippen molar-refractivity contribution in [2.24, 2.45) is 5.92 Å². The van der Waals surface area contributed by atoms with E-state index >= 15 is 0 Å². The lowest BCUT2D eigenvalue weighted by atomic mass is 9.90. The summed E-state index contributed by atoms with van der Waals surface area (Å²) in [6, 6.07) is 7.79. The Kier molecular flexibility index (Phi) is 4.39. The molecule has 0 radical (unpaired) electrons. The van der Waals surface area contributed by atoms with Gasteiger partial charge in [0.15, 0.2) is 11.4 Å². The predicted octanol–water partition coefficient (Wildman–Crippen LogP) is 4.45. The molecule has 1 saturated carbocycles. The number of halogens is 3. The molecule has 30 heavy (non-hydrogen) atoms. The fourth-order valence-corrected chi connectivity index (χ4v) is 4.12. The first-order valence-electron chi connectivity index (χ1n) is 10.0. The number of anilines is 2. The van der Waals surface area contributed by atoms with Crippen LogP contribution in [0.5, 0.6) is 0 Å². The Balaban J connectivity index is 1.47. The quantitative estimate of drug-likeness (QED) is 0.642. The minimum atomic E-state index is -4.48. The van der Waals surface area contributed by atoms with E-state index in [0.717, 1.165) is 24.9 Å². The van der Waals surface area contributed by atoms with E-state index in [0.29, 0.717) is 29.2 Å². The molecule has 1 atom stereocenters. The molecule has 2 aliphatic rings. The third kappa shape index (κ3) is 3.17. The van der Waals surface area contributed by atoms with E-state index in [1.165, 1.54) is 12.1 Å². The summed E-state index contributed by atoms with van der Waals surface area (Å²) in [5, 5.41) is 8.09. The van der Waals surface area contributed by atoms with Gasteiger partial charge in [0.25, 0.3) is 5.56 Å². The number of hydrogen-bond acceptors (Lipinski definition) is 4. The van der Waals surface area contributed by atoms with Gasteiger partial charge in [-0.2, -0.15) is 18.3 Å². The van der Waals surface area contributed by atoms with Crippen molar-refractivity contribution >= 4 is 22.4 Å². The Bertz CT molecular complexity index is 1120. The molecule has 6 nitrogen and oxygen atoms in total. The average Bonchev–Trinajstić information content (AvgIpc) is 3.24. The topological polar surface area (TPSA) is 71.9 Å². The van der Waals surface area contributed by atoms with E-state index in [1.54, 1.807) is 18.3 Å². The molecule has 1 aliphatic heterocycles. The third-order valence-electron chi connectivity index (χ3n) is 5.90. The van der Waals surface area contributed by atoms with Crippen LogP contribution >= 0.6 is 0 Å². The molecule has 3 heterocycles. The van der Waals surface area contributed by atoms with Crippen molar-refractivity contribution in [3.8, 4) is 0 Å². The molecule has 5 rings (SSSR count). The monoisotopic (exact) mass is 418 g/mol. The van der Waals surface area contributed by atoms with E-state index < -0.39 is 11.8 Å². The maximum absolute atomic E-state index is 13.7. The van der Waals surface area contributed by atoms with E-state index in [1.807, 2.05) is 10.7 Å². The lowest BCUT2D eigenvalue weighted by Gasteiger charge is -2.31. The minimum Gasteiger partial charge on any atom is -0.361 e. The molecule has 158 valence electrons. The molecule has 2 aromatic heterocycles. The SMILES string of the molecule is O=c1[nH]ccc2c1c(Nc1ccc(C3(C(F)(F)F)CCCO3)cc1)nn2CC1CC1. The fourth-order valence-electron chi connectivity index (χ4n) is 4.12. The number of nitrogens with one attached hydrogen (secondary N) is 2. The zero-order valence-electron chi connectivity index (χ0n) is 16.1. The van der Waals surface area contributed by atoms with Crippen LogP contribution in [0.3, 0.4) is 0 Å². The summed E-state index contributed by atoms with van der Waals surface area (Å²) in [4.78, 5) is 15.1. The Labute approximate surface area is 170 Å². The number of fused-ring (bicyclic) bond motifs is 1. The predicted molar refractivity (Wildman–Crippen MR) is 106 cm³/mol. The number of benzene rings is 1. The minimum absolute atomic E-state index is 0.0834. The molecule has 0 amide bonds. The van der Waals surface area contributed by atoms with E-state index in [-0.39, 0.29) is 24.2 Å². The van der Waals surface area contributed by atoms with Crippen LogP contribution < -0.4 is 10.9 Å². The van der Waals surface area contributed by atoms with Gasteiger partial charge in [0.05, 0.1) is 5.52 Å². The number of pyridine rings is 1. The Morgan fingerprint density at radius 2 is 2.00 bits per heavy atom. The van der Waals surface area contributed by atoms with Gasteiger partial charge in [-0.25, -0.2) is 0 Å². The number of aromatic amines is 1. The molecule has 1 saturated heterocycles. The lowest BCUT2D eigenvalue weighted by Crippen LogP contribution is -2.41. The van der Waals surface area contributed by atoms with E-state index in [9.17, 15) is 18.0 Å². The van der Waals surface area contributed by atoms with Crippen LogP contribution in [0, 0.1) is 5.92 Å². The van der Waals surface area contributed by atoms with Crippen molar-refractivity contribution < 1.29 is 17.9 Å². The largest absolute Gasteiger partial charge is 0.421 e. The zero-order valence-corrected chi connectivity index (χ0v) is 16.1. The highest BCUT2D eigenvalue weighted by Crippen LogP contribution is 2.49. The highest BCUT2D eigenvalue weighted by atomic mass is 19.4. The highest BCUT2D eigenvalue weighted by molar-refractivity contribution is 5.91. The van der Waals surface area contributed by atoms with Gasteiger partial charge in [-0.15, -0.1) is 0 Å². The van der Waals surface area contributed by atoms with Gasteiger partial charge >= 0.3 is 6.18 Å². The summed E-state index contributed by atoms with van der Waals surface area (Å²) < 4.78 is 48.1. The molecular formula is C21H21F3N4O2. The van der Waals surface area contributed by atoms with E-state index in [4.69, 9.17) is 4.74 Å². The number of ether oxygens (including phenoxy) is 1. The van der Waals surface area contributed by atoms with Gasteiger partial charge in [0, 0.05) is 25.0 Å². The molecular weight excluding hydrogens is 397 g/mol. The van der Waals surface area contributed by atoms with Crippen molar-refractivity contribution in [1.29, 1.82) is 0 Å². The van der Waals surface area contributed by atoms with Crippen LogP contribution in [0.15, 0.2) is 41.3 Å². The van der Waals surface area contributed by atoms with Crippen LogP contribution in [0.4, 0.5) is 24.7 Å². The van der Waals surface area contributed by atoms with Gasteiger partial charge in [-0.1, -0.05) is 12.1 Å². The van der Waals surface area contributed by atoms with Gasteiger partial charge in [-0.05, 0) is 55.4 Å². The van der Waals surface area contributed by atoms with Crippen LogP contribution in [0.1, 0.15) is 31.2 Å². The molecule has 3 aromatic rings. The normalized spacial score (nSPS) is 22.0. The summed E-state index contributed by atoms with van der Waals surface area (Å²) >= 11 is 0. The number of nitrogens with zero attached hydrogens (tertiary/aromatic N) is 2. The average molecular weight is 418 g/mol. The summed E-state index contributed by atoms with van der Waals surface area (Å²) in [5.41, 5.74) is -1.14. The molecule has 0 spiro atoms. The van der Waals surface area contributed by atoms with Gasteiger partial charge in [0.2, 0.25) is 0 Å². The second kappa shape index (κ2) is 6.87. The van der Waals surface area contributed by atoms with Crippen molar-refractivity contribution in [2.75, 3.05) is 11.9 Å². The number of H-pyrrole nitrogens is 1. The molecule has 2 fully saturated rings. The van der Waals surface area contributed by atoms with Crippen LogP contribution in [-0.4, -0.2) is 27.5 Å². The third-order valence-corrected chi connectivity index (χ3v) is 5.90. The zero-order chi connectivity index (χ0) is 20.9. The maximum atomic E-state index is 13.7. The van der Waals surface area contributed by atoms with Gasteiger partial charge in [-0.3, -0.25) is 9.48 Å². The lowest BCUT2D eigenvalue weighted by molar-refractivity contribution is -0.269. The van der Waals surface area contributed by atoms with Gasteiger partial charge < -0.3 is 15.0 Å². The van der Waals surface area contributed by atoms with Gasteiger partial charge in [0.1, 0.15) is 5.39 Å². The number of hydrogen-bond donors (Lipinski definition) is 2. The van der Waals surface area contributed by atoms with Crippen LogP contribution in [-0.2, 0) is 16.9 Å². The summed E-state index contributed by atoms with van der Waals surface area (Å²) in [6.07, 6.45) is -0.312. The second-order valence-corrected chi connectivity index (χ2v) is 8.02. The van der Waals surface area contributed by atoms with Crippen molar-refractivity contribution in [2.45, 2.75) is 44.0 Å². The van der Waals surface area contributed by atoms with Crippen molar-refractivity contribution in [3.63, 3.8) is 0 Å². The van der Waals surface area contributed by atoms with Crippen LogP contribution in [0.25, 0.3) is 10.9 Å². The Morgan fingerprint density at radius 1 is 1.23 bits per heavy atom. The molecule has 1 aromatic carbocycles. The number of alkyl halides is 3. The molecule has 1 unspecified atom stereocenters. The van der Waals surface area contributed by atoms with Crippen molar-refractivity contribution in [1.82, 2.24) is 14.8 Å². The molecule has 2 N–H and O–H groups in total. The van der Waals surface area contributed by atoms with E-state index in [2.05, 4.69) is 15.4 Å². The molecule has 9 heteroatoms. The maximum Gasteiger partial charge on any atom is 0.421 e. The Hall–Kier alpha value is -2.81. The first kappa shape index (κ1) is 19.2. The molecule has 1 aliphatic carbocycles. The number of rotatable bonds is 5. The number of aromatic nitrogens is 3. The summed E-state index contributed by atoms with van der Waals surface area (Å²) in [5.74, 6) is 0.965. The first-order chi connectivity index (χ1) is 14.4. The first-order valence-corrected chi connectivity index (χ1v) is 10.0. The second-order valence-electron chi connectivity index (χ2n) is 8.02. The van der Waals surface area contributed by atoms with Crippen molar-refractivity contribution in [3.05, 3.63) is 52.4 Å². The highest BCUT2D eigenvalue weighted by Gasteiger charge is 2.58. The summed E-state index contributed by atoms with van der Waals surface area (Å²) in [6.45, 7) is 0.832. The smallest absolute Gasteiger partial charge is 0.361 e.